The summed E-state index contributed by atoms with van der Waals surface area (Å²) in [7, 11) is 0. The molecule has 0 saturated heterocycles. The Labute approximate surface area is 95.8 Å². The van der Waals surface area contributed by atoms with E-state index in [1.165, 1.54) is 24.3 Å². The van der Waals surface area contributed by atoms with Crippen LogP contribution in [-0.2, 0) is 0 Å². The minimum Gasteiger partial charge on any atom is -0.435 e. The van der Waals surface area contributed by atoms with E-state index < -0.39 is 6.61 Å². The third-order valence-electron chi connectivity index (χ3n) is 1.55. The summed E-state index contributed by atoms with van der Waals surface area (Å²) < 4.78 is 27.9. The Morgan fingerprint density at radius 2 is 1.71 bits per heavy atom. The van der Waals surface area contributed by atoms with E-state index in [2.05, 4.69) is 14.7 Å². The van der Waals surface area contributed by atoms with E-state index in [1.807, 2.05) is 0 Å². The molecular weight excluding hydrogens is 232 g/mol. The van der Waals surface area contributed by atoms with Crippen LogP contribution < -0.4 is 21.9 Å². The lowest BCUT2D eigenvalue weighted by atomic mass is 10.3. The second-order valence-corrected chi connectivity index (χ2v) is 2.88. The van der Waals surface area contributed by atoms with Crippen molar-refractivity contribution in [1.82, 2.24) is 0 Å². The number of benzene rings is 1. The standard InChI is InChI=1S/C9H11F2N5O/c10-7(11)17-6-3-1-5(2-4-6)15-9(14)16-8(12)13/h1-4,7H,(H6,12,13,14,15,16). The summed E-state index contributed by atoms with van der Waals surface area (Å²) in [5.74, 6) is -0.323. The Bertz CT molecular complexity index is 426. The first-order valence-electron chi connectivity index (χ1n) is 4.46. The van der Waals surface area contributed by atoms with Gasteiger partial charge >= 0.3 is 6.61 Å². The van der Waals surface area contributed by atoms with Gasteiger partial charge in [-0.1, -0.05) is 0 Å². The van der Waals surface area contributed by atoms with Gasteiger partial charge in [-0.2, -0.15) is 13.8 Å². The Morgan fingerprint density at radius 3 is 2.18 bits per heavy atom. The van der Waals surface area contributed by atoms with Gasteiger partial charge in [0.05, 0.1) is 5.69 Å². The molecule has 0 aliphatic carbocycles. The predicted molar refractivity (Wildman–Crippen MR) is 60.2 cm³/mol. The van der Waals surface area contributed by atoms with Crippen LogP contribution in [0.15, 0.2) is 34.3 Å². The van der Waals surface area contributed by atoms with Crippen LogP contribution in [0, 0.1) is 0 Å². The monoisotopic (exact) mass is 243 g/mol. The summed E-state index contributed by atoms with van der Waals surface area (Å²) in [5, 5.41) is 0. The molecule has 0 unspecified atom stereocenters. The Morgan fingerprint density at radius 1 is 1.12 bits per heavy atom. The molecular formula is C9H11F2N5O. The lowest BCUT2D eigenvalue weighted by Crippen LogP contribution is -2.26. The number of guanidine groups is 2. The second-order valence-electron chi connectivity index (χ2n) is 2.88. The number of halogens is 2. The molecule has 1 aromatic carbocycles. The summed E-state index contributed by atoms with van der Waals surface area (Å²) in [4.78, 5) is 7.32. The summed E-state index contributed by atoms with van der Waals surface area (Å²) in [5.41, 5.74) is 16.0. The number of nitrogens with zero attached hydrogens (tertiary/aromatic N) is 2. The fourth-order valence-electron chi connectivity index (χ4n) is 0.992. The highest BCUT2D eigenvalue weighted by Crippen LogP contribution is 2.19. The number of hydrogen-bond donors (Lipinski definition) is 3. The quantitative estimate of drug-likeness (QED) is 0.530. The smallest absolute Gasteiger partial charge is 0.387 e. The molecule has 6 nitrogen and oxygen atoms in total. The zero-order valence-electron chi connectivity index (χ0n) is 8.68. The normalized spacial score (nSPS) is 11.4. The lowest BCUT2D eigenvalue weighted by Gasteiger charge is -2.03. The van der Waals surface area contributed by atoms with Gasteiger partial charge < -0.3 is 21.9 Å². The molecule has 0 bridgehead atoms. The van der Waals surface area contributed by atoms with Crippen LogP contribution >= 0.6 is 0 Å². The van der Waals surface area contributed by atoms with Crippen LogP contribution in [0.25, 0.3) is 0 Å². The van der Waals surface area contributed by atoms with E-state index in [0.717, 1.165) is 0 Å². The summed E-state index contributed by atoms with van der Waals surface area (Å²) in [6.07, 6.45) is 0. The number of hydrogen-bond acceptors (Lipinski definition) is 2. The number of nitrogens with two attached hydrogens (primary N) is 3. The van der Waals surface area contributed by atoms with Crippen LogP contribution in [0.2, 0.25) is 0 Å². The maximum atomic E-state index is 11.9. The molecule has 0 aliphatic rings. The molecule has 0 radical (unpaired) electrons. The van der Waals surface area contributed by atoms with E-state index in [1.54, 1.807) is 0 Å². The lowest BCUT2D eigenvalue weighted by molar-refractivity contribution is -0.0498. The fourth-order valence-corrected chi connectivity index (χ4v) is 0.992. The van der Waals surface area contributed by atoms with E-state index in [-0.39, 0.29) is 17.7 Å². The molecule has 0 saturated carbocycles. The van der Waals surface area contributed by atoms with Crippen molar-refractivity contribution in [2.45, 2.75) is 6.61 Å². The fraction of sp³-hybridized carbons (Fsp3) is 0.111. The van der Waals surface area contributed by atoms with Crippen LogP contribution in [0.1, 0.15) is 0 Å². The molecule has 92 valence electrons. The van der Waals surface area contributed by atoms with Crippen molar-refractivity contribution in [3.63, 3.8) is 0 Å². The van der Waals surface area contributed by atoms with Gasteiger partial charge in [-0.25, -0.2) is 4.99 Å². The molecule has 6 N–H and O–H groups in total. The predicted octanol–water partition coefficient (Wildman–Crippen LogP) is 0.508. The van der Waals surface area contributed by atoms with Crippen molar-refractivity contribution in [2.24, 2.45) is 27.2 Å². The van der Waals surface area contributed by atoms with Gasteiger partial charge in [-0.15, -0.1) is 0 Å². The molecule has 1 rings (SSSR count). The molecule has 0 aromatic heterocycles. The Kier molecular flexibility index (Phi) is 4.21. The highest BCUT2D eigenvalue weighted by molar-refractivity contribution is 5.93. The highest BCUT2D eigenvalue weighted by Gasteiger charge is 2.03. The van der Waals surface area contributed by atoms with Gasteiger partial charge in [0, 0.05) is 0 Å². The minimum atomic E-state index is -2.86. The Balaban J connectivity index is 2.78. The minimum absolute atomic E-state index is 0.0272. The van der Waals surface area contributed by atoms with Crippen molar-refractivity contribution in [3.05, 3.63) is 24.3 Å². The van der Waals surface area contributed by atoms with Crippen molar-refractivity contribution in [2.75, 3.05) is 0 Å². The molecule has 0 heterocycles. The third kappa shape index (κ3) is 4.78. The largest absolute Gasteiger partial charge is 0.435 e. The molecule has 0 atom stereocenters. The maximum Gasteiger partial charge on any atom is 0.387 e. The number of ether oxygens (including phenoxy) is 1. The second kappa shape index (κ2) is 5.64. The number of rotatable bonds is 3. The third-order valence-corrected chi connectivity index (χ3v) is 1.55. The molecule has 0 amide bonds. The molecule has 8 heteroatoms. The van der Waals surface area contributed by atoms with Crippen LogP contribution in [-0.4, -0.2) is 18.5 Å². The van der Waals surface area contributed by atoms with E-state index in [4.69, 9.17) is 17.2 Å². The molecule has 0 aliphatic heterocycles. The maximum absolute atomic E-state index is 11.9. The van der Waals surface area contributed by atoms with Gasteiger partial charge in [-0.05, 0) is 24.3 Å². The van der Waals surface area contributed by atoms with E-state index in [0.29, 0.717) is 5.69 Å². The SMILES string of the molecule is NC(N)=NC(N)=Nc1ccc(OC(F)F)cc1. The first-order chi connectivity index (χ1) is 7.97. The van der Waals surface area contributed by atoms with Gasteiger partial charge in [0.25, 0.3) is 0 Å². The summed E-state index contributed by atoms with van der Waals surface area (Å²) in [6.45, 7) is -2.86. The van der Waals surface area contributed by atoms with Crippen molar-refractivity contribution in [1.29, 1.82) is 0 Å². The molecule has 0 fully saturated rings. The summed E-state index contributed by atoms with van der Waals surface area (Å²) >= 11 is 0. The molecule has 17 heavy (non-hydrogen) atoms. The van der Waals surface area contributed by atoms with Crippen molar-refractivity contribution < 1.29 is 13.5 Å². The first kappa shape index (κ1) is 12.7. The number of aliphatic imine (C=N–C) groups is 2. The van der Waals surface area contributed by atoms with E-state index in [9.17, 15) is 8.78 Å². The van der Waals surface area contributed by atoms with E-state index >= 15 is 0 Å². The highest BCUT2D eigenvalue weighted by atomic mass is 19.3. The zero-order chi connectivity index (χ0) is 12.8. The molecule has 0 spiro atoms. The van der Waals surface area contributed by atoms with Crippen LogP contribution in [0.3, 0.4) is 0 Å². The zero-order valence-corrected chi connectivity index (χ0v) is 8.68. The average molecular weight is 243 g/mol. The first-order valence-corrected chi connectivity index (χ1v) is 4.46. The van der Waals surface area contributed by atoms with Crippen molar-refractivity contribution in [3.8, 4) is 5.75 Å². The van der Waals surface area contributed by atoms with Crippen LogP contribution in [0.4, 0.5) is 14.5 Å². The summed E-state index contributed by atoms with van der Waals surface area (Å²) in [6, 6.07) is 5.53. The van der Waals surface area contributed by atoms with Gasteiger partial charge in [0.1, 0.15) is 5.75 Å². The van der Waals surface area contributed by atoms with Gasteiger partial charge in [0.2, 0.25) is 5.96 Å². The number of alkyl halides is 2. The van der Waals surface area contributed by atoms with Gasteiger partial charge in [-0.3, -0.25) is 0 Å². The topological polar surface area (TPSA) is 112 Å². The molecule has 1 aromatic rings. The van der Waals surface area contributed by atoms with Gasteiger partial charge in [0.15, 0.2) is 5.96 Å². The average Bonchev–Trinajstić information content (AvgIpc) is 2.18. The van der Waals surface area contributed by atoms with Crippen molar-refractivity contribution >= 4 is 17.6 Å². The van der Waals surface area contributed by atoms with Crippen LogP contribution in [0.5, 0.6) is 5.75 Å². The Hall–Kier alpha value is -2.38.